The van der Waals surface area contributed by atoms with Gasteiger partial charge >= 0.3 is 5.97 Å². The number of nitrogens with zero attached hydrogens (tertiary/aromatic N) is 2. The molecule has 3 aromatic rings. The summed E-state index contributed by atoms with van der Waals surface area (Å²) < 4.78 is 31.0. The number of rotatable bonds is 12. The Hall–Kier alpha value is -3.46. The first-order chi connectivity index (χ1) is 21.4. The van der Waals surface area contributed by atoms with Crippen LogP contribution < -0.4 is 5.32 Å². The van der Waals surface area contributed by atoms with Gasteiger partial charge in [0.2, 0.25) is 5.91 Å². The van der Waals surface area contributed by atoms with E-state index in [4.69, 9.17) is 27.4 Å². The number of likely N-dealkylation sites (tertiary alicyclic amines) is 1. The lowest BCUT2D eigenvalue weighted by atomic mass is 9.67. The molecule has 4 atom stereocenters. The van der Waals surface area contributed by atoms with Crippen LogP contribution in [0.4, 0.5) is 0 Å². The second kappa shape index (κ2) is 13.5. The second-order valence-electron chi connectivity index (χ2n) is 11.9. The van der Waals surface area contributed by atoms with E-state index in [9.17, 15) is 28.4 Å². The van der Waals surface area contributed by atoms with Crippen LogP contribution in [-0.2, 0) is 23.9 Å². The molecular formula is C33H33Cl2N3O6S. The third-order valence-electron chi connectivity index (χ3n) is 8.60. The van der Waals surface area contributed by atoms with Crippen molar-refractivity contribution in [2.24, 2.45) is 11.3 Å². The standard InChI is InChI=1S/C33H33Cl2N3O6S/c1-33(17-30(39)40)16-27(23-6-4-7-26(35)15-23)31(22-11-13-25(34)14-12-22)38(32(33)41)28(21-9-10-21)19-37-20-44-45(42,43)29-8-3-2-5-24(29)18-36/h2-8,11-15,21,27-28,31,37H,9-10,16-17,19-20H2,1H3,(H,39,40). The first kappa shape index (κ1) is 32.9. The van der Waals surface area contributed by atoms with Crippen molar-refractivity contribution in [3.05, 3.63) is 99.5 Å². The number of hydrogen-bond donors (Lipinski definition) is 2. The van der Waals surface area contributed by atoms with Crippen LogP contribution in [0, 0.1) is 22.7 Å². The topological polar surface area (TPSA) is 137 Å². The van der Waals surface area contributed by atoms with Crippen LogP contribution >= 0.6 is 23.2 Å². The zero-order valence-corrected chi connectivity index (χ0v) is 26.9. The van der Waals surface area contributed by atoms with Gasteiger partial charge in [-0.15, -0.1) is 0 Å². The summed E-state index contributed by atoms with van der Waals surface area (Å²) in [5.41, 5.74) is 0.482. The fraction of sp³-hybridized carbons (Fsp3) is 0.364. The zero-order chi connectivity index (χ0) is 32.4. The minimum absolute atomic E-state index is 0.0251. The van der Waals surface area contributed by atoms with E-state index in [2.05, 4.69) is 5.32 Å². The van der Waals surface area contributed by atoms with E-state index in [1.807, 2.05) is 41.3 Å². The third kappa shape index (κ3) is 7.35. The van der Waals surface area contributed by atoms with Gasteiger partial charge in [0.15, 0.2) is 0 Å². The Balaban J connectivity index is 1.49. The van der Waals surface area contributed by atoms with Gasteiger partial charge in [0.1, 0.15) is 17.7 Å². The van der Waals surface area contributed by atoms with Crippen molar-refractivity contribution >= 4 is 45.2 Å². The quantitative estimate of drug-likeness (QED) is 0.133. The van der Waals surface area contributed by atoms with Crippen molar-refractivity contribution in [3.63, 3.8) is 0 Å². The SMILES string of the molecule is CC1(CC(=O)O)CC(c2cccc(Cl)c2)C(c2ccc(Cl)cc2)N(C(CNCOS(=O)(=O)c2ccccc2C#N)C2CC2)C1=O. The molecule has 1 aliphatic heterocycles. The average molecular weight is 671 g/mol. The van der Waals surface area contributed by atoms with E-state index >= 15 is 0 Å². The van der Waals surface area contributed by atoms with E-state index in [0.717, 1.165) is 24.0 Å². The molecule has 2 N–H and O–H groups in total. The van der Waals surface area contributed by atoms with Crippen molar-refractivity contribution in [2.75, 3.05) is 13.3 Å². The summed E-state index contributed by atoms with van der Waals surface area (Å²) in [6, 6.07) is 21.5. The Morgan fingerprint density at radius 2 is 1.80 bits per heavy atom. The molecule has 4 unspecified atom stereocenters. The first-order valence-corrected chi connectivity index (χ1v) is 16.7. The van der Waals surface area contributed by atoms with Crippen LogP contribution in [0.15, 0.2) is 77.7 Å². The molecule has 236 valence electrons. The molecule has 3 aromatic carbocycles. The highest BCUT2D eigenvalue weighted by molar-refractivity contribution is 7.86. The van der Waals surface area contributed by atoms with Gasteiger partial charge < -0.3 is 10.0 Å². The molecule has 45 heavy (non-hydrogen) atoms. The Morgan fingerprint density at radius 1 is 1.09 bits per heavy atom. The molecule has 9 nitrogen and oxygen atoms in total. The normalized spacial score (nSPS) is 22.5. The van der Waals surface area contributed by atoms with E-state index in [0.29, 0.717) is 10.0 Å². The third-order valence-corrected chi connectivity index (χ3v) is 10.4. The first-order valence-electron chi connectivity index (χ1n) is 14.6. The number of halogens is 2. The predicted molar refractivity (Wildman–Crippen MR) is 169 cm³/mol. The molecule has 0 spiro atoms. The van der Waals surface area contributed by atoms with Crippen molar-refractivity contribution < 1.29 is 27.3 Å². The lowest BCUT2D eigenvalue weighted by Crippen LogP contribution is -2.58. The van der Waals surface area contributed by atoms with E-state index in [1.54, 1.807) is 31.2 Å². The molecular weight excluding hydrogens is 637 g/mol. The van der Waals surface area contributed by atoms with Crippen LogP contribution in [0.2, 0.25) is 10.0 Å². The molecule has 1 heterocycles. The maximum atomic E-state index is 14.5. The van der Waals surface area contributed by atoms with Gasteiger partial charge in [-0.3, -0.25) is 19.1 Å². The molecule has 0 aromatic heterocycles. The van der Waals surface area contributed by atoms with Gasteiger partial charge in [-0.25, -0.2) is 0 Å². The Morgan fingerprint density at radius 3 is 2.44 bits per heavy atom. The number of carbonyl (C=O) groups is 2. The number of nitrogens with one attached hydrogen (secondary N) is 1. The molecule has 12 heteroatoms. The predicted octanol–water partition coefficient (Wildman–Crippen LogP) is 6.13. The van der Waals surface area contributed by atoms with E-state index in [1.165, 1.54) is 18.2 Å². The summed E-state index contributed by atoms with van der Waals surface area (Å²) in [4.78, 5) is 28.2. The Bertz CT molecular complexity index is 1720. The highest BCUT2D eigenvalue weighted by atomic mass is 35.5. The second-order valence-corrected chi connectivity index (χ2v) is 14.3. The van der Waals surface area contributed by atoms with Gasteiger partial charge in [-0.2, -0.15) is 13.7 Å². The largest absolute Gasteiger partial charge is 0.481 e. The summed E-state index contributed by atoms with van der Waals surface area (Å²) in [7, 11) is -4.24. The minimum Gasteiger partial charge on any atom is -0.481 e. The fourth-order valence-electron chi connectivity index (χ4n) is 6.38. The lowest BCUT2D eigenvalue weighted by Gasteiger charge is -2.52. The monoisotopic (exact) mass is 669 g/mol. The van der Waals surface area contributed by atoms with Gasteiger partial charge in [0, 0.05) is 28.5 Å². The van der Waals surface area contributed by atoms with Crippen LogP contribution in [0.25, 0.3) is 0 Å². The Labute approximate surface area is 272 Å². The number of piperidine rings is 1. The highest BCUT2D eigenvalue weighted by Crippen LogP contribution is 2.54. The van der Waals surface area contributed by atoms with Crippen molar-refractivity contribution in [1.29, 1.82) is 5.26 Å². The highest BCUT2D eigenvalue weighted by Gasteiger charge is 2.54. The lowest BCUT2D eigenvalue weighted by molar-refractivity contribution is -0.161. The van der Waals surface area contributed by atoms with Crippen LogP contribution in [0.3, 0.4) is 0 Å². The minimum atomic E-state index is -4.24. The number of aliphatic carboxylic acids is 1. The number of carbonyl (C=O) groups excluding carboxylic acids is 1. The number of carboxylic acid groups (broad SMARTS) is 1. The summed E-state index contributed by atoms with van der Waals surface area (Å²) in [6.45, 7) is 1.51. The van der Waals surface area contributed by atoms with Gasteiger partial charge in [0.25, 0.3) is 10.1 Å². The summed E-state index contributed by atoms with van der Waals surface area (Å²) in [5, 5.41) is 23.4. The smallest absolute Gasteiger partial charge is 0.304 e. The molecule has 1 saturated carbocycles. The molecule has 5 rings (SSSR count). The number of carboxylic acids is 1. The van der Waals surface area contributed by atoms with Crippen molar-refractivity contribution in [1.82, 2.24) is 10.2 Å². The van der Waals surface area contributed by atoms with Crippen molar-refractivity contribution in [2.45, 2.75) is 55.5 Å². The molecule has 1 aliphatic carbocycles. The molecule has 1 saturated heterocycles. The average Bonchev–Trinajstić information content (AvgIpc) is 3.84. The molecule has 0 radical (unpaired) electrons. The van der Waals surface area contributed by atoms with E-state index in [-0.39, 0.29) is 54.3 Å². The summed E-state index contributed by atoms with van der Waals surface area (Å²) in [5.74, 6) is -1.54. The van der Waals surface area contributed by atoms with Crippen LogP contribution in [-0.4, -0.2) is 49.6 Å². The maximum Gasteiger partial charge on any atom is 0.304 e. The number of benzene rings is 3. The molecule has 1 amide bonds. The number of hydrogen-bond acceptors (Lipinski definition) is 7. The van der Waals surface area contributed by atoms with Crippen LogP contribution in [0.1, 0.15) is 61.3 Å². The van der Waals surface area contributed by atoms with Gasteiger partial charge in [0.05, 0.1) is 23.4 Å². The molecule has 2 fully saturated rings. The summed E-state index contributed by atoms with van der Waals surface area (Å²) >= 11 is 12.7. The number of amides is 1. The Kier molecular flexibility index (Phi) is 9.87. The summed E-state index contributed by atoms with van der Waals surface area (Å²) in [6.07, 6.45) is 1.65. The zero-order valence-electron chi connectivity index (χ0n) is 24.5. The molecule has 2 aliphatic rings. The van der Waals surface area contributed by atoms with Crippen molar-refractivity contribution in [3.8, 4) is 6.07 Å². The van der Waals surface area contributed by atoms with Gasteiger partial charge in [-0.05, 0) is 72.7 Å². The molecule has 0 bridgehead atoms. The van der Waals surface area contributed by atoms with E-state index < -0.39 is 33.6 Å². The fourth-order valence-corrected chi connectivity index (χ4v) is 7.70. The maximum absolute atomic E-state index is 14.5. The van der Waals surface area contributed by atoms with Crippen LogP contribution in [0.5, 0.6) is 0 Å². The van der Waals surface area contributed by atoms with Gasteiger partial charge in [-0.1, -0.05) is 66.5 Å². The number of nitriles is 1.